The van der Waals surface area contributed by atoms with Crippen LogP contribution < -0.4 is 5.32 Å². The number of carbonyl (C=O) groups is 1. The van der Waals surface area contributed by atoms with Crippen LogP contribution in [0.3, 0.4) is 0 Å². The van der Waals surface area contributed by atoms with Gasteiger partial charge in [0.1, 0.15) is 5.25 Å². The minimum atomic E-state index is -1.22. The number of ether oxygens (including phenoxy) is 1. The third-order valence-electron chi connectivity index (χ3n) is 2.74. The molecule has 0 saturated heterocycles. The molecule has 0 aliphatic heterocycles. The number of benzene rings is 1. The lowest BCUT2D eigenvalue weighted by Gasteiger charge is -2.12. The normalized spacial score (nSPS) is 13.2. The highest BCUT2D eigenvalue weighted by Gasteiger charge is 2.19. The van der Waals surface area contributed by atoms with E-state index in [-0.39, 0.29) is 5.91 Å². The first-order chi connectivity index (χ1) is 9.58. The summed E-state index contributed by atoms with van der Waals surface area (Å²) in [5, 5.41) is 10.8. The van der Waals surface area contributed by atoms with E-state index >= 15 is 0 Å². The minimum absolute atomic E-state index is 0.287. The summed E-state index contributed by atoms with van der Waals surface area (Å²) in [6, 6.07) is 8.55. The molecule has 0 bridgehead atoms. The van der Waals surface area contributed by atoms with Gasteiger partial charge in [0.25, 0.3) is 0 Å². The summed E-state index contributed by atoms with van der Waals surface area (Å²) in [6.45, 7) is 2.18. The van der Waals surface area contributed by atoms with Crippen molar-refractivity contribution >= 4 is 22.4 Å². The molecule has 0 radical (unpaired) electrons. The fraction of sp³-hybridized carbons (Fsp3) is 0.429. The number of hydrogen-bond donors (Lipinski definition) is 1. The Bertz CT molecular complexity index is 508. The molecule has 1 N–H and O–H groups in total. The van der Waals surface area contributed by atoms with Gasteiger partial charge in [0.2, 0.25) is 5.91 Å². The third kappa shape index (κ3) is 5.11. The number of anilines is 1. The van der Waals surface area contributed by atoms with Gasteiger partial charge in [-0.1, -0.05) is 0 Å². The summed E-state index contributed by atoms with van der Waals surface area (Å²) in [6.07, 6.45) is 0.664. The van der Waals surface area contributed by atoms with Gasteiger partial charge in [-0.05, 0) is 37.6 Å². The molecule has 6 heteroatoms. The maximum atomic E-state index is 11.9. The number of amides is 1. The quantitative estimate of drug-likeness (QED) is 0.776. The van der Waals surface area contributed by atoms with Crippen LogP contribution in [0.5, 0.6) is 0 Å². The zero-order chi connectivity index (χ0) is 15.0. The smallest absolute Gasteiger partial charge is 0.239 e. The van der Waals surface area contributed by atoms with E-state index in [2.05, 4.69) is 5.32 Å². The number of carbonyl (C=O) groups excluding carboxylic acids is 1. The first-order valence-electron chi connectivity index (χ1n) is 6.25. The van der Waals surface area contributed by atoms with Crippen LogP contribution in [0, 0.1) is 11.3 Å². The lowest BCUT2D eigenvalue weighted by Crippen LogP contribution is -2.30. The van der Waals surface area contributed by atoms with Gasteiger partial charge in [-0.2, -0.15) is 5.26 Å². The molecule has 1 amide bonds. The summed E-state index contributed by atoms with van der Waals surface area (Å²) in [7, 11) is 0.367. The fourth-order valence-corrected chi connectivity index (χ4v) is 2.57. The molecule has 20 heavy (non-hydrogen) atoms. The SMILES string of the molecule is COCCCS(=O)C(C)C(=O)Nc1ccc(C#N)cc1. The molecular formula is C14H18N2O3S. The highest BCUT2D eigenvalue weighted by Crippen LogP contribution is 2.10. The van der Waals surface area contributed by atoms with Crippen LogP contribution in [0.4, 0.5) is 5.69 Å². The number of hydrogen-bond acceptors (Lipinski definition) is 4. The van der Waals surface area contributed by atoms with Crippen molar-refractivity contribution in [1.82, 2.24) is 0 Å². The molecule has 0 aliphatic rings. The van der Waals surface area contributed by atoms with E-state index in [0.29, 0.717) is 30.0 Å². The molecule has 0 fully saturated rings. The Morgan fingerprint density at radius 1 is 1.45 bits per heavy atom. The summed E-state index contributed by atoms with van der Waals surface area (Å²) in [5.74, 6) is 0.154. The maximum absolute atomic E-state index is 11.9. The van der Waals surface area contributed by atoms with E-state index in [4.69, 9.17) is 10.00 Å². The molecule has 0 heterocycles. The highest BCUT2D eigenvalue weighted by atomic mass is 32.2. The Kier molecular flexibility index (Phi) is 6.91. The van der Waals surface area contributed by atoms with Crippen molar-refractivity contribution in [3.63, 3.8) is 0 Å². The van der Waals surface area contributed by atoms with E-state index in [9.17, 15) is 9.00 Å². The summed E-state index contributed by atoms with van der Waals surface area (Å²) >= 11 is 0. The van der Waals surface area contributed by atoms with Crippen LogP contribution >= 0.6 is 0 Å². The van der Waals surface area contributed by atoms with Crippen LogP contribution in [0.25, 0.3) is 0 Å². The standard InChI is InChI=1S/C14H18N2O3S/c1-11(20(18)9-3-8-19-2)14(17)16-13-6-4-12(10-15)5-7-13/h4-7,11H,3,8-9H2,1-2H3,(H,16,17). The van der Waals surface area contributed by atoms with E-state index < -0.39 is 16.0 Å². The third-order valence-corrected chi connectivity index (χ3v) is 4.43. The van der Waals surface area contributed by atoms with Gasteiger partial charge in [-0.3, -0.25) is 9.00 Å². The molecule has 1 aromatic carbocycles. The molecule has 0 saturated carbocycles. The Morgan fingerprint density at radius 3 is 2.65 bits per heavy atom. The minimum Gasteiger partial charge on any atom is -0.385 e. The maximum Gasteiger partial charge on any atom is 0.239 e. The van der Waals surface area contributed by atoms with Crippen molar-refractivity contribution in [3.8, 4) is 6.07 Å². The summed E-state index contributed by atoms with van der Waals surface area (Å²) in [5.41, 5.74) is 1.12. The zero-order valence-corrected chi connectivity index (χ0v) is 12.4. The van der Waals surface area contributed by atoms with Gasteiger partial charge in [0, 0.05) is 36.0 Å². The Morgan fingerprint density at radius 2 is 2.10 bits per heavy atom. The fourth-order valence-electron chi connectivity index (χ4n) is 1.51. The second kappa shape index (κ2) is 8.46. The predicted molar refractivity (Wildman–Crippen MR) is 78.8 cm³/mol. The van der Waals surface area contributed by atoms with E-state index in [1.165, 1.54) is 0 Å². The summed E-state index contributed by atoms with van der Waals surface area (Å²) < 4.78 is 16.8. The van der Waals surface area contributed by atoms with Gasteiger partial charge in [0.05, 0.1) is 11.6 Å². The molecule has 5 nitrogen and oxygen atoms in total. The number of nitriles is 1. The monoisotopic (exact) mass is 294 g/mol. The lowest BCUT2D eigenvalue weighted by atomic mass is 10.2. The first kappa shape index (κ1) is 16.3. The largest absolute Gasteiger partial charge is 0.385 e. The molecule has 1 aromatic rings. The number of methoxy groups -OCH3 is 1. The van der Waals surface area contributed by atoms with Crippen LogP contribution in [-0.4, -0.2) is 34.8 Å². The molecule has 2 unspecified atom stereocenters. The van der Waals surface area contributed by atoms with Crippen molar-refractivity contribution in [1.29, 1.82) is 5.26 Å². The van der Waals surface area contributed by atoms with Crippen molar-refractivity contribution in [2.24, 2.45) is 0 Å². The van der Waals surface area contributed by atoms with Crippen molar-refractivity contribution in [2.45, 2.75) is 18.6 Å². The molecule has 0 spiro atoms. The van der Waals surface area contributed by atoms with Gasteiger partial charge in [-0.15, -0.1) is 0 Å². The Labute approximate surface area is 121 Å². The van der Waals surface area contributed by atoms with E-state index in [1.807, 2.05) is 6.07 Å². The molecule has 108 valence electrons. The Hall–Kier alpha value is -1.71. The number of nitrogens with zero attached hydrogens (tertiary/aromatic N) is 1. The van der Waals surface area contributed by atoms with Crippen molar-refractivity contribution < 1.29 is 13.7 Å². The van der Waals surface area contributed by atoms with Crippen LogP contribution in [0.1, 0.15) is 18.9 Å². The van der Waals surface area contributed by atoms with E-state index in [1.54, 1.807) is 38.3 Å². The predicted octanol–water partition coefficient (Wildman–Crippen LogP) is 1.67. The topological polar surface area (TPSA) is 79.2 Å². The molecular weight excluding hydrogens is 276 g/mol. The molecule has 2 atom stereocenters. The van der Waals surface area contributed by atoms with E-state index in [0.717, 1.165) is 0 Å². The second-order valence-corrected chi connectivity index (χ2v) is 6.13. The van der Waals surface area contributed by atoms with Crippen LogP contribution in [-0.2, 0) is 20.3 Å². The van der Waals surface area contributed by atoms with Crippen LogP contribution in [0.2, 0.25) is 0 Å². The Balaban J connectivity index is 2.52. The molecule has 0 aromatic heterocycles. The first-order valence-corrected chi connectivity index (χ1v) is 7.64. The number of rotatable bonds is 7. The van der Waals surface area contributed by atoms with Gasteiger partial charge < -0.3 is 10.1 Å². The average molecular weight is 294 g/mol. The van der Waals surface area contributed by atoms with Gasteiger partial charge in [0.15, 0.2) is 0 Å². The van der Waals surface area contributed by atoms with Gasteiger partial charge in [-0.25, -0.2) is 0 Å². The molecule has 0 aliphatic carbocycles. The van der Waals surface area contributed by atoms with Crippen LogP contribution in [0.15, 0.2) is 24.3 Å². The second-order valence-electron chi connectivity index (χ2n) is 4.25. The highest BCUT2D eigenvalue weighted by molar-refractivity contribution is 7.86. The van der Waals surface area contributed by atoms with Crippen molar-refractivity contribution in [2.75, 3.05) is 24.8 Å². The zero-order valence-electron chi connectivity index (χ0n) is 11.6. The lowest BCUT2D eigenvalue weighted by molar-refractivity contribution is -0.115. The van der Waals surface area contributed by atoms with Gasteiger partial charge >= 0.3 is 0 Å². The average Bonchev–Trinajstić information content (AvgIpc) is 2.47. The summed E-state index contributed by atoms with van der Waals surface area (Å²) in [4.78, 5) is 11.9. The number of nitrogens with one attached hydrogen (secondary N) is 1. The molecule has 1 rings (SSSR count). The van der Waals surface area contributed by atoms with Crippen molar-refractivity contribution in [3.05, 3.63) is 29.8 Å².